The summed E-state index contributed by atoms with van der Waals surface area (Å²) in [5.41, 5.74) is 1.28. The number of carbonyl (C=O) groups is 2. The Hall–Kier alpha value is -3.02. The summed E-state index contributed by atoms with van der Waals surface area (Å²) in [5.74, 6) is 0.219. The molecule has 0 aromatic heterocycles. The number of carbonyl (C=O) groups excluding carboxylic acids is 2. The van der Waals surface area contributed by atoms with E-state index >= 15 is 0 Å². The van der Waals surface area contributed by atoms with Crippen molar-refractivity contribution in [2.75, 3.05) is 24.4 Å². The summed E-state index contributed by atoms with van der Waals surface area (Å²) in [6, 6.07) is 13.2. The number of hydrogen-bond acceptors (Lipinski definition) is 4. The number of amides is 2. The molecule has 120 valence electrons. The first-order chi connectivity index (χ1) is 11.1. The number of methoxy groups -OCH3 is 1. The van der Waals surface area contributed by atoms with Crippen LogP contribution in [0.15, 0.2) is 48.5 Å². The minimum absolute atomic E-state index is 0.289. The molecular formula is C17H18N2O4. The van der Waals surface area contributed by atoms with E-state index in [1.807, 2.05) is 6.92 Å². The van der Waals surface area contributed by atoms with Gasteiger partial charge in [0.1, 0.15) is 5.75 Å². The van der Waals surface area contributed by atoms with E-state index in [4.69, 9.17) is 4.74 Å². The van der Waals surface area contributed by atoms with Crippen LogP contribution in [-0.2, 0) is 4.74 Å². The van der Waals surface area contributed by atoms with E-state index in [0.717, 1.165) is 5.75 Å². The minimum Gasteiger partial charge on any atom is -0.494 e. The molecule has 2 rings (SSSR count). The second kappa shape index (κ2) is 7.84. The van der Waals surface area contributed by atoms with Crippen molar-refractivity contribution in [2.45, 2.75) is 6.92 Å². The number of para-hydroxylation sites is 1. The number of anilines is 2. The van der Waals surface area contributed by atoms with Crippen LogP contribution in [0.4, 0.5) is 16.2 Å². The Kier molecular flexibility index (Phi) is 5.57. The van der Waals surface area contributed by atoms with Gasteiger partial charge in [-0.05, 0) is 43.3 Å². The van der Waals surface area contributed by atoms with E-state index in [9.17, 15) is 9.59 Å². The van der Waals surface area contributed by atoms with E-state index in [0.29, 0.717) is 18.0 Å². The highest BCUT2D eigenvalue weighted by Crippen LogP contribution is 2.18. The smallest absolute Gasteiger partial charge is 0.339 e. The normalized spacial score (nSPS) is 9.83. The fourth-order valence-corrected chi connectivity index (χ4v) is 1.97. The van der Waals surface area contributed by atoms with Crippen molar-refractivity contribution in [1.29, 1.82) is 0 Å². The predicted octanol–water partition coefficient (Wildman–Crippen LogP) is 3.52. The fraction of sp³-hybridized carbons (Fsp3) is 0.176. The summed E-state index contributed by atoms with van der Waals surface area (Å²) < 4.78 is 10.0. The lowest BCUT2D eigenvalue weighted by atomic mass is 10.2. The molecular weight excluding hydrogens is 296 g/mol. The van der Waals surface area contributed by atoms with Gasteiger partial charge in [0.15, 0.2) is 0 Å². The minimum atomic E-state index is -0.512. The molecule has 0 aliphatic carbocycles. The maximum absolute atomic E-state index is 12.1. The van der Waals surface area contributed by atoms with Gasteiger partial charge in [-0.1, -0.05) is 12.1 Å². The molecule has 0 atom stereocenters. The maximum Gasteiger partial charge on any atom is 0.339 e. The number of hydrogen-bond donors (Lipinski definition) is 2. The third kappa shape index (κ3) is 4.47. The fourth-order valence-electron chi connectivity index (χ4n) is 1.97. The molecule has 0 aliphatic heterocycles. The van der Waals surface area contributed by atoms with Crippen LogP contribution in [0.3, 0.4) is 0 Å². The average Bonchev–Trinajstić information content (AvgIpc) is 2.56. The van der Waals surface area contributed by atoms with Gasteiger partial charge >= 0.3 is 12.0 Å². The molecule has 0 radical (unpaired) electrons. The van der Waals surface area contributed by atoms with Crippen molar-refractivity contribution in [3.63, 3.8) is 0 Å². The van der Waals surface area contributed by atoms with Crippen molar-refractivity contribution in [1.82, 2.24) is 0 Å². The third-order valence-corrected chi connectivity index (χ3v) is 3.00. The summed E-state index contributed by atoms with van der Waals surface area (Å²) in [6.07, 6.45) is 0. The van der Waals surface area contributed by atoms with Gasteiger partial charge in [-0.25, -0.2) is 9.59 Å². The second-order valence-electron chi connectivity index (χ2n) is 4.57. The molecule has 2 amide bonds. The predicted molar refractivity (Wildman–Crippen MR) is 88.0 cm³/mol. The van der Waals surface area contributed by atoms with Crippen LogP contribution in [0.1, 0.15) is 17.3 Å². The quantitative estimate of drug-likeness (QED) is 0.828. The Balaban J connectivity index is 2.04. The zero-order valence-electron chi connectivity index (χ0n) is 13.0. The SMILES string of the molecule is CCOc1ccc(NC(=O)Nc2ccccc2C(=O)OC)cc1. The van der Waals surface area contributed by atoms with Gasteiger partial charge in [0.25, 0.3) is 0 Å². The van der Waals surface area contributed by atoms with E-state index in [1.54, 1.807) is 48.5 Å². The van der Waals surface area contributed by atoms with E-state index in [2.05, 4.69) is 15.4 Å². The highest BCUT2D eigenvalue weighted by molar-refractivity contribution is 6.05. The molecule has 0 unspecified atom stereocenters. The van der Waals surface area contributed by atoms with Crippen molar-refractivity contribution < 1.29 is 19.1 Å². The van der Waals surface area contributed by atoms with Gasteiger partial charge in [0.05, 0.1) is 25.0 Å². The Bertz CT molecular complexity index is 683. The molecule has 23 heavy (non-hydrogen) atoms. The van der Waals surface area contributed by atoms with Crippen molar-refractivity contribution in [3.8, 4) is 5.75 Å². The Morgan fingerprint density at radius 3 is 2.35 bits per heavy atom. The standard InChI is InChI=1S/C17H18N2O4/c1-3-23-13-10-8-12(9-11-13)18-17(21)19-15-7-5-4-6-14(15)16(20)22-2/h4-11H,3H2,1-2H3,(H2,18,19,21). The summed E-state index contributed by atoms with van der Waals surface area (Å²) in [6.45, 7) is 2.48. The lowest BCUT2D eigenvalue weighted by Gasteiger charge is -2.11. The van der Waals surface area contributed by atoms with Crippen LogP contribution in [0, 0.1) is 0 Å². The molecule has 2 N–H and O–H groups in total. The lowest BCUT2D eigenvalue weighted by Crippen LogP contribution is -2.21. The number of urea groups is 1. The largest absolute Gasteiger partial charge is 0.494 e. The van der Waals surface area contributed by atoms with Crippen molar-refractivity contribution >= 4 is 23.4 Å². The van der Waals surface area contributed by atoms with Crippen molar-refractivity contribution in [2.24, 2.45) is 0 Å². The van der Waals surface area contributed by atoms with Crippen LogP contribution in [-0.4, -0.2) is 25.7 Å². The summed E-state index contributed by atoms with van der Waals surface area (Å²) >= 11 is 0. The molecule has 0 spiro atoms. The van der Waals surface area contributed by atoms with Gasteiger partial charge in [-0.15, -0.1) is 0 Å². The molecule has 0 heterocycles. The Morgan fingerprint density at radius 1 is 1.00 bits per heavy atom. The van der Waals surface area contributed by atoms with Crippen molar-refractivity contribution in [3.05, 3.63) is 54.1 Å². The van der Waals surface area contributed by atoms with E-state index < -0.39 is 12.0 Å². The number of nitrogens with one attached hydrogen (secondary N) is 2. The lowest BCUT2D eigenvalue weighted by molar-refractivity contribution is 0.0602. The van der Waals surface area contributed by atoms with Crippen LogP contribution >= 0.6 is 0 Å². The molecule has 2 aromatic carbocycles. The molecule has 0 fully saturated rings. The highest BCUT2D eigenvalue weighted by Gasteiger charge is 2.13. The van der Waals surface area contributed by atoms with Crippen LogP contribution < -0.4 is 15.4 Å². The molecule has 6 nitrogen and oxygen atoms in total. The number of benzene rings is 2. The monoisotopic (exact) mass is 314 g/mol. The third-order valence-electron chi connectivity index (χ3n) is 3.00. The average molecular weight is 314 g/mol. The van der Waals surface area contributed by atoms with Crippen LogP contribution in [0.5, 0.6) is 5.75 Å². The van der Waals surface area contributed by atoms with Gasteiger partial charge < -0.3 is 20.1 Å². The molecule has 0 saturated heterocycles. The maximum atomic E-state index is 12.1. The molecule has 6 heteroatoms. The summed E-state index contributed by atoms with van der Waals surface area (Å²) in [7, 11) is 1.29. The number of esters is 1. The van der Waals surface area contributed by atoms with Gasteiger partial charge in [-0.3, -0.25) is 0 Å². The summed E-state index contributed by atoms with van der Waals surface area (Å²) in [4.78, 5) is 23.7. The van der Waals surface area contributed by atoms with E-state index in [1.165, 1.54) is 7.11 Å². The van der Waals surface area contributed by atoms with Gasteiger partial charge in [0, 0.05) is 5.69 Å². The second-order valence-corrected chi connectivity index (χ2v) is 4.57. The molecule has 0 saturated carbocycles. The number of rotatable bonds is 5. The Labute approximate surface area is 134 Å². The zero-order valence-corrected chi connectivity index (χ0v) is 13.0. The topological polar surface area (TPSA) is 76.7 Å². The van der Waals surface area contributed by atoms with E-state index in [-0.39, 0.29) is 5.56 Å². The molecule has 2 aromatic rings. The van der Waals surface area contributed by atoms with Crippen LogP contribution in [0.25, 0.3) is 0 Å². The zero-order chi connectivity index (χ0) is 16.7. The highest BCUT2D eigenvalue weighted by atomic mass is 16.5. The molecule has 0 aliphatic rings. The Morgan fingerprint density at radius 2 is 1.70 bits per heavy atom. The first-order valence-corrected chi connectivity index (χ1v) is 7.12. The van der Waals surface area contributed by atoms with Gasteiger partial charge in [-0.2, -0.15) is 0 Å². The van der Waals surface area contributed by atoms with Crippen LogP contribution in [0.2, 0.25) is 0 Å². The summed E-state index contributed by atoms with van der Waals surface area (Å²) in [5, 5.41) is 5.32. The first-order valence-electron chi connectivity index (χ1n) is 7.12. The molecule has 0 bridgehead atoms. The first kappa shape index (κ1) is 16.4. The van der Waals surface area contributed by atoms with Gasteiger partial charge in [0.2, 0.25) is 0 Å². The number of ether oxygens (including phenoxy) is 2.